The van der Waals surface area contributed by atoms with Crippen LogP contribution < -0.4 is 15.6 Å². The Morgan fingerprint density at radius 2 is 1.63 bits per heavy atom. The maximum Gasteiger partial charge on any atom is 0.358 e. The molecule has 1 heterocycles. The minimum atomic E-state index is -0.696. The van der Waals surface area contributed by atoms with Crippen LogP contribution in [-0.2, 0) is 0 Å². The summed E-state index contributed by atoms with van der Waals surface area (Å²) in [7, 11) is 0. The second kappa shape index (κ2) is 8.08. The molecule has 4 rings (SSSR count). The fraction of sp³-hybridized carbons (Fsp3) is 0.0870. The van der Waals surface area contributed by atoms with Crippen LogP contribution in [0.15, 0.2) is 83.7 Å². The van der Waals surface area contributed by atoms with Crippen molar-refractivity contribution in [1.29, 1.82) is 0 Å². The van der Waals surface area contributed by atoms with Crippen LogP contribution in [0.4, 0.5) is 17.1 Å². The molecule has 0 fully saturated rings. The molecule has 1 N–H and O–H groups in total. The van der Waals surface area contributed by atoms with E-state index in [1.54, 1.807) is 72.8 Å². The van der Waals surface area contributed by atoms with Crippen LogP contribution in [0.3, 0.4) is 0 Å². The van der Waals surface area contributed by atoms with E-state index in [9.17, 15) is 14.9 Å². The van der Waals surface area contributed by atoms with Crippen LogP contribution in [0.5, 0.6) is 5.75 Å². The number of nitrogens with zero attached hydrogens (tertiary/aromatic N) is 2. The Morgan fingerprint density at radius 1 is 0.967 bits per heavy atom. The van der Waals surface area contributed by atoms with Gasteiger partial charge in [0.05, 0.1) is 17.0 Å². The van der Waals surface area contributed by atoms with E-state index in [0.29, 0.717) is 34.6 Å². The topological polar surface area (TPSA) is 86.4 Å². The first-order chi connectivity index (χ1) is 14.6. The minimum Gasteiger partial charge on any atom is -0.494 e. The van der Waals surface area contributed by atoms with Gasteiger partial charge in [0.2, 0.25) is 0 Å². The zero-order chi connectivity index (χ0) is 21.1. The van der Waals surface area contributed by atoms with Gasteiger partial charge in [-0.3, -0.25) is 19.5 Å². The van der Waals surface area contributed by atoms with Gasteiger partial charge < -0.3 is 10.1 Å². The van der Waals surface area contributed by atoms with Gasteiger partial charge in [-0.05, 0) is 49.4 Å². The lowest BCUT2D eigenvalue weighted by atomic mass is 10.1. The molecule has 0 spiro atoms. The van der Waals surface area contributed by atoms with Gasteiger partial charge in [0, 0.05) is 16.8 Å². The molecule has 7 heteroatoms. The van der Waals surface area contributed by atoms with Gasteiger partial charge in [0.25, 0.3) is 0 Å². The Bertz CT molecular complexity index is 1270. The van der Waals surface area contributed by atoms with Gasteiger partial charge in [0.15, 0.2) is 0 Å². The molecule has 0 amide bonds. The maximum absolute atomic E-state index is 13.2. The number of nitrogens with one attached hydrogen (secondary N) is 1. The first-order valence-electron chi connectivity index (χ1n) is 9.47. The average Bonchev–Trinajstić information content (AvgIpc) is 2.76. The van der Waals surface area contributed by atoms with E-state index >= 15 is 0 Å². The van der Waals surface area contributed by atoms with Crippen molar-refractivity contribution in [3.63, 3.8) is 0 Å². The number of anilines is 2. The number of nitro groups is 1. The number of pyridine rings is 1. The fourth-order valence-electron chi connectivity index (χ4n) is 3.40. The Hall–Kier alpha value is -4.13. The van der Waals surface area contributed by atoms with E-state index in [4.69, 9.17) is 4.74 Å². The highest BCUT2D eigenvalue weighted by Crippen LogP contribution is 2.34. The molecule has 0 aliphatic carbocycles. The van der Waals surface area contributed by atoms with Gasteiger partial charge >= 0.3 is 11.2 Å². The summed E-state index contributed by atoms with van der Waals surface area (Å²) in [6.45, 7) is 2.43. The molecular formula is C23H19N3O4. The van der Waals surface area contributed by atoms with Gasteiger partial charge in [-0.25, -0.2) is 0 Å². The van der Waals surface area contributed by atoms with Crippen molar-refractivity contribution in [2.24, 2.45) is 0 Å². The van der Waals surface area contributed by atoms with Gasteiger partial charge in [-0.15, -0.1) is 0 Å². The molecule has 1 aromatic heterocycles. The third kappa shape index (κ3) is 3.48. The molecule has 30 heavy (non-hydrogen) atoms. The van der Waals surface area contributed by atoms with E-state index < -0.39 is 16.2 Å². The molecule has 0 bridgehead atoms. The summed E-state index contributed by atoms with van der Waals surface area (Å²) in [5.74, 6) is 0.696. The van der Waals surface area contributed by atoms with Crippen molar-refractivity contribution in [3.05, 3.63) is 99.3 Å². The first-order valence-corrected chi connectivity index (χ1v) is 9.47. The van der Waals surface area contributed by atoms with E-state index in [-0.39, 0.29) is 5.69 Å². The van der Waals surface area contributed by atoms with Crippen LogP contribution >= 0.6 is 0 Å². The van der Waals surface area contributed by atoms with Crippen molar-refractivity contribution in [2.45, 2.75) is 6.92 Å². The van der Waals surface area contributed by atoms with Crippen molar-refractivity contribution in [1.82, 2.24) is 4.57 Å². The number of ether oxygens (including phenoxy) is 1. The maximum atomic E-state index is 13.2. The van der Waals surface area contributed by atoms with Gasteiger partial charge in [0.1, 0.15) is 11.4 Å². The number of aromatic nitrogens is 1. The molecule has 0 saturated carbocycles. The summed E-state index contributed by atoms with van der Waals surface area (Å²) in [5.41, 5.74) is 0.715. The van der Waals surface area contributed by atoms with Crippen molar-refractivity contribution in [3.8, 4) is 11.4 Å². The molecule has 0 atom stereocenters. The van der Waals surface area contributed by atoms with Crippen LogP contribution in [0.25, 0.3) is 16.6 Å². The zero-order valence-corrected chi connectivity index (χ0v) is 16.2. The highest BCUT2D eigenvalue weighted by Gasteiger charge is 2.26. The van der Waals surface area contributed by atoms with Crippen molar-refractivity contribution in [2.75, 3.05) is 11.9 Å². The van der Waals surface area contributed by atoms with Crippen LogP contribution in [0.2, 0.25) is 0 Å². The van der Waals surface area contributed by atoms with Crippen LogP contribution in [0.1, 0.15) is 6.92 Å². The summed E-state index contributed by atoms with van der Waals surface area (Å²) >= 11 is 0. The van der Waals surface area contributed by atoms with Crippen molar-refractivity contribution >= 4 is 28.0 Å². The summed E-state index contributed by atoms with van der Waals surface area (Å²) in [4.78, 5) is 24.5. The van der Waals surface area contributed by atoms with Gasteiger partial charge in [-0.1, -0.05) is 36.4 Å². The summed E-state index contributed by atoms with van der Waals surface area (Å²) in [5, 5.41) is 15.6. The Kier molecular flexibility index (Phi) is 5.17. The second-order valence-corrected chi connectivity index (χ2v) is 6.56. The molecule has 0 radical (unpaired) electrons. The third-order valence-corrected chi connectivity index (χ3v) is 4.69. The molecular weight excluding hydrogens is 382 g/mol. The zero-order valence-electron chi connectivity index (χ0n) is 16.2. The van der Waals surface area contributed by atoms with E-state index in [2.05, 4.69) is 5.32 Å². The molecule has 0 aliphatic heterocycles. The Morgan fingerprint density at radius 3 is 2.30 bits per heavy atom. The predicted octanol–water partition coefficient (Wildman–Crippen LogP) is 5.04. The van der Waals surface area contributed by atoms with Crippen LogP contribution in [0, 0.1) is 10.1 Å². The Labute approximate surface area is 172 Å². The van der Waals surface area contributed by atoms with Crippen LogP contribution in [-0.4, -0.2) is 16.1 Å². The smallest absolute Gasteiger partial charge is 0.358 e. The third-order valence-electron chi connectivity index (χ3n) is 4.69. The number of para-hydroxylation sites is 2. The number of benzene rings is 3. The quantitative estimate of drug-likeness (QED) is 0.361. The lowest BCUT2D eigenvalue weighted by molar-refractivity contribution is -0.385. The number of hydrogen-bond acceptors (Lipinski definition) is 5. The molecule has 4 aromatic rings. The molecule has 7 nitrogen and oxygen atoms in total. The molecule has 150 valence electrons. The summed E-state index contributed by atoms with van der Waals surface area (Å²) in [6.07, 6.45) is 0. The summed E-state index contributed by atoms with van der Waals surface area (Å²) < 4.78 is 6.81. The summed E-state index contributed by atoms with van der Waals surface area (Å²) in [6, 6.07) is 23.1. The predicted molar refractivity (Wildman–Crippen MR) is 117 cm³/mol. The molecule has 0 unspecified atom stereocenters. The lowest BCUT2D eigenvalue weighted by Gasteiger charge is -2.15. The standard InChI is InChI=1S/C23H19N3O4/c1-2-30-18-14-12-16(13-15-18)24-21-19-10-6-7-11-20(19)25(17-8-4-3-5-9-17)23(27)22(21)26(28)29/h3-15,24H,2H2,1H3. The number of rotatable bonds is 6. The lowest BCUT2D eigenvalue weighted by Crippen LogP contribution is -2.23. The molecule has 3 aromatic carbocycles. The number of fused-ring (bicyclic) bond motifs is 1. The van der Waals surface area contributed by atoms with E-state index in [1.807, 2.05) is 13.0 Å². The number of hydrogen-bond donors (Lipinski definition) is 1. The SMILES string of the molecule is CCOc1ccc(Nc2c([N+](=O)[O-])c(=O)n(-c3ccccc3)c3ccccc23)cc1. The average molecular weight is 401 g/mol. The molecule has 0 aliphatic rings. The van der Waals surface area contributed by atoms with E-state index in [1.165, 1.54) is 4.57 Å². The first kappa shape index (κ1) is 19.2. The fourth-order valence-corrected chi connectivity index (χ4v) is 3.40. The largest absolute Gasteiger partial charge is 0.494 e. The monoisotopic (exact) mass is 401 g/mol. The van der Waals surface area contributed by atoms with E-state index in [0.717, 1.165) is 0 Å². The molecule has 0 saturated heterocycles. The minimum absolute atomic E-state index is 0.164. The normalized spacial score (nSPS) is 10.7. The second-order valence-electron chi connectivity index (χ2n) is 6.56. The highest BCUT2D eigenvalue weighted by atomic mass is 16.6. The Balaban J connectivity index is 1.95. The van der Waals surface area contributed by atoms with Crippen molar-refractivity contribution < 1.29 is 9.66 Å². The van der Waals surface area contributed by atoms with Gasteiger partial charge in [-0.2, -0.15) is 0 Å². The highest BCUT2D eigenvalue weighted by molar-refractivity contribution is 5.98.